The summed E-state index contributed by atoms with van der Waals surface area (Å²) in [5.41, 5.74) is 0.610. The summed E-state index contributed by atoms with van der Waals surface area (Å²) in [5, 5.41) is 9.19. The van der Waals surface area contributed by atoms with E-state index in [9.17, 15) is 4.79 Å². The Balaban J connectivity index is 2.10. The first-order valence-electron chi connectivity index (χ1n) is 6.21. The highest BCUT2D eigenvalue weighted by molar-refractivity contribution is 5.96. The molecule has 1 aliphatic rings. The Labute approximate surface area is 112 Å². The van der Waals surface area contributed by atoms with Crippen LogP contribution in [0.2, 0.25) is 0 Å². The molecule has 2 rings (SSSR count). The average molecular weight is 265 g/mol. The lowest BCUT2D eigenvalue weighted by Gasteiger charge is -2.24. The molecule has 3 N–H and O–H groups in total. The second kappa shape index (κ2) is 6.40. The first kappa shape index (κ1) is 13.6. The van der Waals surface area contributed by atoms with Crippen LogP contribution in [0.25, 0.3) is 0 Å². The zero-order valence-corrected chi connectivity index (χ0v) is 11.2. The summed E-state index contributed by atoms with van der Waals surface area (Å²) in [7, 11) is 3.15. The molecule has 19 heavy (non-hydrogen) atoms. The van der Waals surface area contributed by atoms with Gasteiger partial charge in [-0.05, 0) is 12.1 Å². The van der Waals surface area contributed by atoms with Crippen molar-refractivity contribution in [3.8, 4) is 11.5 Å². The molecule has 6 nitrogen and oxygen atoms in total. The smallest absolute Gasteiger partial charge is 0.242 e. The van der Waals surface area contributed by atoms with Gasteiger partial charge in [-0.3, -0.25) is 4.79 Å². The van der Waals surface area contributed by atoms with Crippen molar-refractivity contribution in [1.82, 2.24) is 10.6 Å². The van der Waals surface area contributed by atoms with Crippen LogP contribution in [0, 0.1) is 0 Å². The Morgan fingerprint density at radius 3 is 2.79 bits per heavy atom. The van der Waals surface area contributed by atoms with Crippen LogP contribution in [0.15, 0.2) is 18.2 Å². The molecule has 104 valence electrons. The SMILES string of the molecule is COc1ccc(OC)c(NC(=O)C2CNCCN2)c1. The van der Waals surface area contributed by atoms with E-state index < -0.39 is 0 Å². The first-order chi connectivity index (χ1) is 9.24. The number of amides is 1. The number of methoxy groups -OCH3 is 2. The van der Waals surface area contributed by atoms with Crippen LogP contribution >= 0.6 is 0 Å². The summed E-state index contributed by atoms with van der Waals surface area (Å²) in [6.45, 7) is 2.29. The molecule has 0 bridgehead atoms. The lowest BCUT2D eigenvalue weighted by atomic mass is 10.2. The highest BCUT2D eigenvalue weighted by Crippen LogP contribution is 2.28. The van der Waals surface area contributed by atoms with Gasteiger partial charge in [-0.2, -0.15) is 0 Å². The maximum Gasteiger partial charge on any atom is 0.242 e. The lowest BCUT2D eigenvalue weighted by molar-refractivity contribution is -0.118. The molecule has 1 aromatic rings. The predicted molar refractivity (Wildman–Crippen MR) is 72.8 cm³/mol. The maximum absolute atomic E-state index is 12.1. The van der Waals surface area contributed by atoms with Gasteiger partial charge >= 0.3 is 0 Å². The van der Waals surface area contributed by atoms with Crippen molar-refractivity contribution in [2.24, 2.45) is 0 Å². The number of anilines is 1. The number of carbonyl (C=O) groups excluding carboxylic acids is 1. The van der Waals surface area contributed by atoms with Gasteiger partial charge in [0.15, 0.2) is 0 Å². The molecule has 6 heteroatoms. The van der Waals surface area contributed by atoms with Crippen molar-refractivity contribution < 1.29 is 14.3 Å². The summed E-state index contributed by atoms with van der Waals surface area (Å²) in [6, 6.07) is 5.06. The molecule has 1 atom stereocenters. The molecule has 0 saturated carbocycles. The Kier molecular flexibility index (Phi) is 4.59. The van der Waals surface area contributed by atoms with Crippen LogP contribution in [0.5, 0.6) is 11.5 Å². The van der Waals surface area contributed by atoms with E-state index in [0.29, 0.717) is 23.7 Å². The zero-order chi connectivity index (χ0) is 13.7. The molecule has 0 spiro atoms. The molecular formula is C13H19N3O3. The third-order valence-electron chi connectivity index (χ3n) is 3.02. The third-order valence-corrected chi connectivity index (χ3v) is 3.02. The molecule has 1 amide bonds. The normalized spacial score (nSPS) is 18.7. The van der Waals surface area contributed by atoms with Crippen LogP contribution in [-0.4, -0.2) is 45.8 Å². The van der Waals surface area contributed by atoms with E-state index in [1.807, 2.05) is 0 Å². The van der Waals surface area contributed by atoms with Gasteiger partial charge in [0.25, 0.3) is 0 Å². The second-order valence-corrected chi connectivity index (χ2v) is 4.27. The Bertz CT molecular complexity index is 445. The molecular weight excluding hydrogens is 246 g/mol. The molecule has 1 saturated heterocycles. The number of carbonyl (C=O) groups is 1. The van der Waals surface area contributed by atoms with Crippen molar-refractivity contribution >= 4 is 11.6 Å². The number of hydrogen-bond acceptors (Lipinski definition) is 5. The summed E-state index contributed by atoms with van der Waals surface area (Å²) < 4.78 is 10.4. The minimum Gasteiger partial charge on any atom is -0.497 e. The maximum atomic E-state index is 12.1. The number of piperazine rings is 1. The quantitative estimate of drug-likeness (QED) is 0.725. The van der Waals surface area contributed by atoms with Crippen LogP contribution < -0.4 is 25.4 Å². The van der Waals surface area contributed by atoms with Gasteiger partial charge in [0.1, 0.15) is 11.5 Å². The summed E-state index contributed by atoms with van der Waals surface area (Å²) in [5.74, 6) is 1.20. The minimum absolute atomic E-state index is 0.0845. The van der Waals surface area contributed by atoms with E-state index in [-0.39, 0.29) is 11.9 Å². The number of benzene rings is 1. The highest BCUT2D eigenvalue weighted by atomic mass is 16.5. The van der Waals surface area contributed by atoms with Gasteiger partial charge in [0.2, 0.25) is 5.91 Å². The summed E-state index contributed by atoms with van der Waals surface area (Å²) >= 11 is 0. The van der Waals surface area contributed by atoms with Crippen LogP contribution in [0.3, 0.4) is 0 Å². The highest BCUT2D eigenvalue weighted by Gasteiger charge is 2.21. The van der Waals surface area contributed by atoms with Crippen LogP contribution in [0.1, 0.15) is 0 Å². The van der Waals surface area contributed by atoms with E-state index >= 15 is 0 Å². The summed E-state index contributed by atoms with van der Waals surface area (Å²) in [6.07, 6.45) is 0. The van der Waals surface area contributed by atoms with Crippen molar-refractivity contribution in [3.63, 3.8) is 0 Å². The topological polar surface area (TPSA) is 71.6 Å². The van der Waals surface area contributed by atoms with Gasteiger partial charge in [-0.15, -0.1) is 0 Å². The predicted octanol–water partition coefficient (Wildman–Crippen LogP) is 0.204. The fraction of sp³-hybridized carbons (Fsp3) is 0.462. The van der Waals surface area contributed by atoms with E-state index in [0.717, 1.165) is 13.1 Å². The molecule has 0 aromatic heterocycles. The number of ether oxygens (including phenoxy) is 2. The minimum atomic E-state index is -0.232. The molecule has 1 heterocycles. The van der Waals surface area contributed by atoms with Crippen LogP contribution in [-0.2, 0) is 4.79 Å². The lowest BCUT2D eigenvalue weighted by Crippen LogP contribution is -2.54. The van der Waals surface area contributed by atoms with E-state index in [1.165, 1.54) is 0 Å². The number of hydrogen-bond donors (Lipinski definition) is 3. The molecule has 1 aromatic carbocycles. The largest absolute Gasteiger partial charge is 0.497 e. The fourth-order valence-electron chi connectivity index (χ4n) is 1.97. The van der Waals surface area contributed by atoms with Gasteiger partial charge < -0.3 is 25.4 Å². The van der Waals surface area contributed by atoms with Gasteiger partial charge in [0.05, 0.1) is 25.9 Å². The molecule has 1 fully saturated rings. The molecule has 1 unspecified atom stereocenters. The van der Waals surface area contributed by atoms with Crippen molar-refractivity contribution in [3.05, 3.63) is 18.2 Å². The number of nitrogens with one attached hydrogen (secondary N) is 3. The molecule has 0 aliphatic carbocycles. The first-order valence-corrected chi connectivity index (χ1v) is 6.21. The third kappa shape index (κ3) is 3.36. The average Bonchev–Trinajstić information content (AvgIpc) is 2.48. The van der Waals surface area contributed by atoms with Crippen molar-refractivity contribution in [1.29, 1.82) is 0 Å². The van der Waals surface area contributed by atoms with Gasteiger partial charge in [-0.1, -0.05) is 0 Å². The Morgan fingerprint density at radius 1 is 1.32 bits per heavy atom. The van der Waals surface area contributed by atoms with E-state index in [2.05, 4.69) is 16.0 Å². The van der Waals surface area contributed by atoms with Crippen LogP contribution in [0.4, 0.5) is 5.69 Å². The Morgan fingerprint density at radius 2 is 2.16 bits per heavy atom. The van der Waals surface area contributed by atoms with Gasteiger partial charge in [0, 0.05) is 25.7 Å². The monoisotopic (exact) mass is 265 g/mol. The zero-order valence-electron chi connectivity index (χ0n) is 11.2. The molecule has 1 aliphatic heterocycles. The molecule has 0 radical (unpaired) electrons. The number of rotatable bonds is 4. The summed E-state index contributed by atoms with van der Waals surface area (Å²) in [4.78, 5) is 12.1. The Hall–Kier alpha value is -1.79. The van der Waals surface area contributed by atoms with Crippen molar-refractivity contribution in [2.45, 2.75) is 6.04 Å². The van der Waals surface area contributed by atoms with E-state index in [1.54, 1.807) is 32.4 Å². The van der Waals surface area contributed by atoms with Crippen molar-refractivity contribution in [2.75, 3.05) is 39.2 Å². The second-order valence-electron chi connectivity index (χ2n) is 4.27. The van der Waals surface area contributed by atoms with E-state index in [4.69, 9.17) is 9.47 Å². The standard InChI is InChI=1S/C13H19N3O3/c1-18-9-3-4-12(19-2)10(7-9)16-13(17)11-8-14-5-6-15-11/h3-4,7,11,14-15H,5-6,8H2,1-2H3,(H,16,17). The fourth-order valence-corrected chi connectivity index (χ4v) is 1.97. The van der Waals surface area contributed by atoms with Gasteiger partial charge in [-0.25, -0.2) is 0 Å².